The molecule has 1 rings (SSSR count). The van der Waals surface area contributed by atoms with Gasteiger partial charge in [-0.15, -0.1) is 0 Å². The molecule has 0 bridgehead atoms. The van der Waals surface area contributed by atoms with Gasteiger partial charge in [-0.2, -0.15) is 0 Å². The van der Waals surface area contributed by atoms with Crippen LogP contribution in [0.2, 0.25) is 0 Å². The van der Waals surface area contributed by atoms with E-state index in [1.807, 2.05) is 20.8 Å². The van der Waals surface area contributed by atoms with E-state index in [-0.39, 0.29) is 18.0 Å². The first-order valence-corrected chi connectivity index (χ1v) is 9.80. The van der Waals surface area contributed by atoms with Crippen LogP contribution in [0.3, 0.4) is 0 Å². The first kappa shape index (κ1) is 24.7. The van der Waals surface area contributed by atoms with Crippen LogP contribution in [0.5, 0.6) is 0 Å². The molecule has 0 radical (unpaired) electrons. The largest absolute Gasteiger partial charge is 0.463 e. The predicted octanol–water partition coefficient (Wildman–Crippen LogP) is 5.84. The first-order chi connectivity index (χ1) is 11.8. The third kappa shape index (κ3) is 8.84. The minimum atomic E-state index is -0.582. The maximum atomic E-state index is 11.3. The van der Waals surface area contributed by atoms with Gasteiger partial charge in [-0.25, -0.2) is 0 Å². The molecule has 26 heavy (non-hydrogen) atoms. The number of carbonyl (C=O) groups is 1. The Morgan fingerprint density at radius 2 is 1.54 bits per heavy atom. The Hall–Kier alpha value is -1.35. The van der Waals surface area contributed by atoms with Gasteiger partial charge in [-0.1, -0.05) is 65.8 Å². The highest BCUT2D eigenvalue weighted by Crippen LogP contribution is 2.25. The number of hydrogen-bond donors (Lipinski definition) is 1. The summed E-state index contributed by atoms with van der Waals surface area (Å²) in [5.41, 5.74) is 2.72. The van der Waals surface area contributed by atoms with Gasteiger partial charge in [0.15, 0.2) is 0 Å². The van der Waals surface area contributed by atoms with Gasteiger partial charge in [0, 0.05) is 0 Å². The van der Waals surface area contributed by atoms with E-state index >= 15 is 0 Å². The Balaban J connectivity index is 0.000000488. The molecule has 1 aromatic carbocycles. The summed E-state index contributed by atoms with van der Waals surface area (Å²) < 4.78 is 4.87. The summed E-state index contributed by atoms with van der Waals surface area (Å²) in [5, 5.41) is 8.86. The van der Waals surface area contributed by atoms with Gasteiger partial charge in [0.25, 0.3) is 0 Å². The van der Waals surface area contributed by atoms with E-state index in [4.69, 9.17) is 9.84 Å². The van der Waals surface area contributed by atoms with Crippen molar-refractivity contribution in [3.05, 3.63) is 35.4 Å². The second kappa shape index (κ2) is 10.7. The van der Waals surface area contributed by atoms with Crippen molar-refractivity contribution in [2.45, 2.75) is 92.6 Å². The van der Waals surface area contributed by atoms with Crippen LogP contribution in [0.25, 0.3) is 0 Å². The molecule has 0 saturated carbocycles. The monoisotopic (exact) mass is 364 g/mol. The zero-order valence-corrected chi connectivity index (χ0v) is 18.3. The molecule has 0 amide bonds. The predicted molar refractivity (Wildman–Crippen MR) is 111 cm³/mol. The number of ether oxygens (including phenoxy) is 1. The van der Waals surface area contributed by atoms with Gasteiger partial charge in [0.05, 0.1) is 11.5 Å². The van der Waals surface area contributed by atoms with Crippen molar-refractivity contribution in [3.63, 3.8) is 0 Å². The van der Waals surface area contributed by atoms with Crippen LogP contribution in [0.1, 0.15) is 92.2 Å². The summed E-state index contributed by atoms with van der Waals surface area (Å²) in [6.45, 7) is 18.6. The molecule has 0 aliphatic heterocycles. The number of carbonyl (C=O) groups excluding carboxylic acids is 1. The maximum Gasteiger partial charge on any atom is 0.311 e. The Morgan fingerprint density at radius 1 is 1.04 bits per heavy atom. The first-order valence-electron chi connectivity index (χ1n) is 9.80. The number of esters is 1. The average Bonchev–Trinajstić information content (AvgIpc) is 2.58. The molecule has 2 atom stereocenters. The number of aliphatic hydroxyl groups excluding tert-OH is 1. The van der Waals surface area contributed by atoms with E-state index in [9.17, 15) is 4.79 Å². The summed E-state index contributed by atoms with van der Waals surface area (Å²) in [6, 6.07) is 9.08. The molecular weight excluding hydrogens is 324 g/mol. The highest BCUT2D eigenvalue weighted by Gasteiger charge is 2.27. The fourth-order valence-corrected chi connectivity index (χ4v) is 2.08. The molecular formula is C23H40O3. The van der Waals surface area contributed by atoms with Crippen molar-refractivity contribution in [1.82, 2.24) is 0 Å². The van der Waals surface area contributed by atoms with Gasteiger partial charge in [-0.05, 0) is 56.1 Å². The molecule has 0 aromatic heterocycles. The quantitative estimate of drug-likeness (QED) is 0.645. The average molecular weight is 365 g/mol. The molecule has 150 valence electrons. The third-order valence-corrected chi connectivity index (χ3v) is 4.85. The molecule has 0 aliphatic carbocycles. The Kier molecular flexibility index (Phi) is 10.2. The molecule has 1 N–H and O–H groups in total. The van der Waals surface area contributed by atoms with Crippen molar-refractivity contribution in [2.75, 3.05) is 6.61 Å². The zero-order valence-electron chi connectivity index (χ0n) is 18.3. The van der Waals surface area contributed by atoms with E-state index < -0.39 is 11.5 Å². The van der Waals surface area contributed by atoms with E-state index in [1.165, 1.54) is 17.5 Å². The number of rotatable bonds is 6. The van der Waals surface area contributed by atoms with Crippen LogP contribution in [0.4, 0.5) is 0 Å². The SMILES string of the molecule is CCC(C)(C)C(=O)OCC(C)O.CCC(C)c1ccc(C(C)(C)C)cc1. The Morgan fingerprint density at radius 3 is 1.88 bits per heavy atom. The van der Waals surface area contributed by atoms with Crippen LogP contribution in [0, 0.1) is 5.41 Å². The van der Waals surface area contributed by atoms with E-state index in [0.717, 1.165) is 6.42 Å². The smallest absolute Gasteiger partial charge is 0.311 e. The van der Waals surface area contributed by atoms with Crippen molar-refractivity contribution in [2.24, 2.45) is 5.41 Å². The highest BCUT2D eigenvalue weighted by atomic mass is 16.5. The van der Waals surface area contributed by atoms with Crippen LogP contribution >= 0.6 is 0 Å². The van der Waals surface area contributed by atoms with Gasteiger partial charge >= 0.3 is 5.97 Å². The fraction of sp³-hybridized carbons (Fsp3) is 0.696. The van der Waals surface area contributed by atoms with Gasteiger partial charge in [-0.3, -0.25) is 4.79 Å². The number of hydrogen-bond acceptors (Lipinski definition) is 3. The molecule has 1 aromatic rings. The molecule has 2 unspecified atom stereocenters. The summed E-state index contributed by atoms with van der Waals surface area (Å²) in [7, 11) is 0. The minimum absolute atomic E-state index is 0.0856. The molecule has 0 fully saturated rings. The highest BCUT2D eigenvalue weighted by molar-refractivity contribution is 5.75. The van der Waals surface area contributed by atoms with Crippen LogP contribution < -0.4 is 0 Å². The molecule has 0 heterocycles. The van der Waals surface area contributed by atoms with E-state index in [2.05, 4.69) is 58.9 Å². The number of benzene rings is 1. The van der Waals surface area contributed by atoms with E-state index in [0.29, 0.717) is 5.92 Å². The summed E-state index contributed by atoms with van der Waals surface area (Å²) in [4.78, 5) is 11.3. The summed E-state index contributed by atoms with van der Waals surface area (Å²) in [5.74, 6) is 0.440. The summed E-state index contributed by atoms with van der Waals surface area (Å²) >= 11 is 0. The van der Waals surface area contributed by atoms with Crippen LogP contribution in [-0.4, -0.2) is 23.8 Å². The zero-order chi connectivity index (χ0) is 20.5. The molecule has 3 nitrogen and oxygen atoms in total. The third-order valence-electron chi connectivity index (χ3n) is 4.85. The minimum Gasteiger partial charge on any atom is -0.463 e. The maximum absolute atomic E-state index is 11.3. The van der Waals surface area contributed by atoms with Crippen molar-refractivity contribution < 1.29 is 14.6 Å². The molecule has 0 saturated heterocycles. The Bertz CT molecular complexity index is 521. The summed E-state index contributed by atoms with van der Waals surface area (Å²) in [6.07, 6.45) is 1.38. The molecule has 0 spiro atoms. The lowest BCUT2D eigenvalue weighted by atomic mass is 9.85. The van der Waals surface area contributed by atoms with Crippen molar-refractivity contribution in [1.29, 1.82) is 0 Å². The lowest BCUT2D eigenvalue weighted by Crippen LogP contribution is -2.28. The fourth-order valence-electron chi connectivity index (χ4n) is 2.08. The second-order valence-corrected chi connectivity index (χ2v) is 8.87. The molecule has 0 aliphatic rings. The van der Waals surface area contributed by atoms with Crippen molar-refractivity contribution in [3.8, 4) is 0 Å². The van der Waals surface area contributed by atoms with Gasteiger partial charge < -0.3 is 9.84 Å². The number of aliphatic hydroxyl groups is 1. The van der Waals surface area contributed by atoms with Crippen molar-refractivity contribution >= 4 is 5.97 Å². The lowest BCUT2D eigenvalue weighted by molar-refractivity contribution is -0.156. The second-order valence-electron chi connectivity index (χ2n) is 8.87. The van der Waals surface area contributed by atoms with Crippen LogP contribution in [-0.2, 0) is 14.9 Å². The Labute approximate surface area is 161 Å². The molecule has 3 heteroatoms. The standard InChI is InChI=1S/C14H22.C9H18O3/c1-6-11(2)12-7-9-13(10-8-12)14(3,4)5;1-5-9(3,4)8(11)12-6-7(2)10/h7-11H,6H2,1-5H3;7,10H,5-6H2,1-4H3. The van der Waals surface area contributed by atoms with Gasteiger partial charge in [0.1, 0.15) is 6.61 Å². The van der Waals surface area contributed by atoms with Gasteiger partial charge in [0.2, 0.25) is 0 Å². The topological polar surface area (TPSA) is 46.5 Å². The van der Waals surface area contributed by atoms with Crippen LogP contribution in [0.15, 0.2) is 24.3 Å². The van der Waals surface area contributed by atoms with E-state index in [1.54, 1.807) is 6.92 Å². The lowest BCUT2D eigenvalue weighted by Gasteiger charge is -2.20. The normalized spacial score (nSPS) is 14.1.